The van der Waals surface area contributed by atoms with Gasteiger partial charge >= 0.3 is 0 Å². The zero-order chi connectivity index (χ0) is 26.9. The summed E-state index contributed by atoms with van der Waals surface area (Å²) in [6.07, 6.45) is 3.27. The standard InChI is InChI=1S/C29H37N3O5/c1-16(2)10-22-28(35)31-25(20-12-18-8-6-7-9-19(18)13-20)29(36)32(22)26(23(33)11-17(3)4)24-14-21(15-37-24)27(34)30-5/h6-9,14-17,20,22,25-26H,10-13H2,1-5H3,(H,30,34)(H,31,35)/t22-,25-,26+/m1/s1. The molecular weight excluding hydrogens is 470 g/mol. The quantitative estimate of drug-likeness (QED) is 0.540. The van der Waals surface area contributed by atoms with Crippen LogP contribution in [0.4, 0.5) is 0 Å². The lowest BCUT2D eigenvalue weighted by atomic mass is 9.87. The van der Waals surface area contributed by atoms with E-state index in [2.05, 4.69) is 22.8 Å². The van der Waals surface area contributed by atoms with E-state index < -0.39 is 18.1 Å². The summed E-state index contributed by atoms with van der Waals surface area (Å²) in [6.45, 7) is 7.83. The minimum atomic E-state index is -1.09. The van der Waals surface area contributed by atoms with Gasteiger partial charge in [0.2, 0.25) is 11.8 Å². The van der Waals surface area contributed by atoms with Gasteiger partial charge in [-0.15, -0.1) is 0 Å². The Labute approximate surface area is 218 Å². The number of piperazine rings is 1. The molecule has 0 saturated carbocycles. The van der Waals surface area contributed by atoms with Gasteiger partial charge in [-0.3, -0.25) is 19.2 Å². The first-order valence-corrected chi connectivity index (χ1v) is 13.1. The maximum Gasteiger partial charge on any atom is 0.254 e. The predicted octanol–water partition coefficient (Wildman–Crippen LogP) is 3.45. The van der Waals surface area contributed by atoms with Crippen LogP contribution in [0.25, 0.3) is 0 Å². The molecule has 1 saturated heterocycles. The molecule has 3 amide bonds. The zero-order valence-corrected chi connectivity index (χ0v) is 22.2. The zero-order valence-electron chi connectivity index (χ0n) is 22.2. The second-order valence-electron chi connectivity index (χ2n) is 11.1. The van der Waals surface area contributed by atoms with Crippen LogP contribution in [-0.4, -0.2) is 47.5 Å². The molecule has 0 radical (unpaired) electrons. The van der Waals surface area contributed by atoms with Gasteiger partial charge in [-0.05, 0) is 54.2 Å². The molecule has 2 N–H and O–H groups in total. The molecule has 1 aliphatic carbocycles. The van der Waals surface area contributed by atoms with Crippen molar-refractivity contribution in [3.8, 4) is 0 Å². The fourth-order valence-corrected chi connectivity index (χ4v) is 5.60. The molecule has 1 aromatic heterocycles. The number of carbonyl (C=O) groups is 4. The number of carbonyl (C=O) groups excluding carboxylic acids is 4. The van der Waals surface area contributed by atoms with Gasteiger partial charge in [0.25, 0.3) is 5.91 Å². The number of benzene rings is 1. The second-order valence-corrected chi connectivity index (χ2v) is 11.1. The van der Waals surface area contributed by atoms with Crippen molar-refractivity contribution in [1.82, 2.24) is 15.5 Å². The first kappa shape index (κ1) is 26.6. The fourth-order valence-electron chi connectivity index (χ4n) is 5.60. The minimum Gasteiger partial charge on any atom is -0.466 e. The van der Waals surface area contributed by atoms with Crippen LogP contribution in [0.1, 0.15) is 73.8 Å². The molecule has 2 aliphatic rings. The number of nitrogens with one attached hydrogen (secondary N) is 2. The molecule has 2 heterocycles. The van der Waals surface area contributed by atoms with E-state index in [9.17, 15) is 19.2 Å². The average Bonchev–Trinajstić information content (AvgIpc) is 3.49. The number of rotatable bonds is 9. The Balaban J connectivity index is 1.75. The molecule has 8 nitrogen and oxygen atoms in total. The maximum atomic E-state index is 14.2. The van der Waals surface area contributed by atoms with Crippen LogP contribution < -0.4 is 10.6 Å². The molecule has 1 aromatic carbocycles. The first-order valence-electron chi connectivity index (χ1n) is 13.1. The molecule has 0 unspecified atom stereocenters. The second kappa shape index (κ2) is 10.9. The lowest BCUT2D eigenvalue weighted by Crippen LogP contribution is -2.66. The number of hydrogen-bond donors (Lipinski definition) is 2. The Bertz CT molecular complexity index is 1160. The third-order valence-electron chi connectivity index (χ3n) is 7.28. The van der Waals surface area contributed by atoms with Crippen LogP contribution in [0.3, 0.4) is 0 Å². The molecule has 1 aliphatic heterocycles. The van der Waals surface area contributed by atoms with E-state index in [1.54, 1.807) is 0 Å². The van der Waals surface area contributed by atoms with Crippen molar-refractivity contribution >= 4 is 23.5 Å². The molecule has 37 heavy (non-hydrogen) atoms. The lowest BCUT2D eigenvalue weighted by Gasteiger charge is -2.44. The number of furan rings is 1. The SMILES string of the molecule is CNC(=O)c1coc([C@H](C(=O)CC(C)C)N2C(=O)[C@@H](C3Cc4ccccc4C3)NC(=O)[C@H]2CC(C)C)c1. The highest BCUT2D eigenvalue weighted by molar-refractivity contribution is 6.01. The average molecular weight is 508 g/mol. The Morgan fingerprint density at radius 1 is 1.08 bits per heavy atom. The van der Waals surface area contributed by atoms with Gasteiger partial charge in [0.05, 0.1) is 5.56 Å². The number of Topliss-reactive ketones (excluding diaryl/α,β-unsaturated/α-hetero) is 1. The number of hydrogen-bond acceptors (Lipinski definition) is 5. The lowest BCUT2D eigenvalue weighted by molar-refractivity contribution is -0.158. The van der Waals surface area contributed by atoms with E-state index in [4.69, 9.17) is 4.42 Å². The molecular formula is C29H37N3O5. The number of nitrogens with zero attached hydrogens (tertiary/aromatic N) is 1. The summed E-state index contributed by atoms with van der Waals surface area (Å²) >= 11 is 0. The summed E-state index contributed by atoms with van der Waals surface area (Å²) in [4.78, 5) is 55.2. The smallest absolute Gasteiger partial charge is 0.254 e. The number of fused-ring (bicyclic) bond motifs is 1. The van der Waals surface area contributed by atoms with Gasteiger partial charge in [0.15, 0.2) is 5.78 Å². The van der Waals surface area contributed by atoms with E-state index in [0.717, 1.165) is 0 Å². The fraction of sp³-hybridized carbons (Fsp3) is 0.517. The van der Waals surface area contributed by atoms with Crippen LogP contribution >= 0.6 is 0 Å². The Morgan fingerprint density at radius 3 is 2.30 bits per heavy atom. The van der Waals surface area contributed by atoms with Gasteiger partial charge in [0.1, 0.15) is 30.1 Å². The first-order chi connectivity index (χ1) is 17.6. The van der Waals surface area contributed by atoms with Crippen LogP contribution in [0.5, 0.6) is 0 Å². The molecule has 0 spiro atoms. The Hall–Kier alpha value is -3.42. The van der Waals surface area contributed by atoms with Crippen LogP contribution in [0.15, 0.2) is 41.0 Å². The molecule has 198 valence electrons. The summed E-state index contributed by atoms with van der Waals surface area (Å²) in [5.74, 6) is -0.841. The minimum absolute atomic E-state index is 0.0424. The Morgan fingerprint density at radius 2 is 1.73 bits per heavy atom. The van der Waals surface area contributed by atoms with Crippen LogP contribution in [-0.2, 0) is 27.2 Å². The predicted molar refractivity (Wildman–Crippen MR) is 139 cm³/mol. The normalized spacial score (nSPS) is 20.8. The summed E-state index contributed by atoms with van der Waals surface area (Å²) < 4.78 is 5.75. The molecule has 3 atom stereocenters. The van der Waals surface area contributed by atoms with Gasteiger partial charge in [-0.1, -0.05) is 52.0 Å². The maximum absolute atomic E-state index is 14.2. The highest BCUT2D eigenvalue weighted by Crippen LogP contribution is 2.36. The van der Waals surface area contributed by atoms with Gasteiger partial charge in [-0.25, -0.2) is 0 Å². The van der Waals surface area contributed by atoms with Crippen molar-refractivity contribution in [2.24, 2.45) is 17.8 Å². The molecule has 2 aromatic rings. The largest absolute Gasteiger partial charge is 0.466 e. The highest BCUT2D eigenvalue weighted by Gasteiger charge is 2.50. The van der Waals surface area contributed by atoms with E-state index in [1.807, 2.05) is 39.8 Å². The number of ketones is 1. The van der Waals surface area contributed by atoms with Gasteiger partial charge in [-0.2, -0.15) is 0 Å². The molecule has 0 bridgehead atoms. The van der Waals surface area contributed by atoms with Crippen molar-refractivity contribution in [2.45, 2.75) is 71.5 Å². The summed E-state index contributed by atoms with van der Waals surface area (Å²) in [5.41, 5.74) is 2.62. The highest BCUT2D eigenvalue weighted by atomic mass is 16.3. The third kappa shape index (κ3) is 5.48. The van der Waals surface area contributed by atoms with E-state index in [-0.39, 0.29) is 59.0 Å². The van der Waals surface area contributed by atoms with Crippen molar-refractivity contribution in [3.05, 3.63) is 59.0 Å². The van der Waals surface area contributed by atoms with E-state index in [0.29, 0.717) is 19.3 Å². The van der Waals surface area contributed by atoms with Gasteiger partial charge in [0, 0.05) is 13.5 Å². The van der Waals surface area contributed by atoms with E-state index >= 15 is 0 Å². The summed E-state index contributed by atoms with van der Waals surface area (Å²) in [7, 11) is 1.51. The topological polar surface area (TPSA) is 109 Å². The molecule has 8 heteroatoms. The van der Waals surface area contributed by atoms with Crippen molar-refractivity contribution in [1.29, 1.82) is 0 Å². The Kier molecular flexibility index (Phi) is 7.85. The van der Waals surface area contributed by atoms with Gasteiger partial charge < -0.3 is 20.0 Å². The van der Waals surface area contributed by atoms with Crippen LogP contribution in [0.2, 0.25) is 0 Å². The summed E-state index contributed by atoms with van der Waals surface area (Å²) in [5, 5.41) is 5.56. The van der Waals surface area contributed by atoms with E-state index in [1.165, 1.54) is 35.4 Å². The summed E-state index contributed by atoms with van der Waals surface area (Å²) in [6, 6.07) is 6.94. The monoisotopic (exact) mass is 507 g/mol. The molecule has 1 fully saturated rings. The van der Waals surface area contributed by atoms with Crippen molar-refractivity contribution < 1.29 is 23.6 Å². The van der Waals surface area contributed by atoms with Crippen molar-refractivity contribution in [3.63, 3.8) is 0 Å². The van der Waals surface area contributed by atoms with Crippen molar-refractivity contribution in [2.75, 3.05) is 7.05 Å². The van der Waals surface area contributed by atoms with Crippen LogP contribution in [0, 0.1) is 17.8 Å². The third-order valence-corrected chi connectivity index (χ3v) is 7.28. The number of amides is 3. The molecule has 4 rings (SSSR count).